The highest BCUT2D eigenvalue weighted by molar-refractivity contribution is 7.89. The van der Waals surface area contributed by atoms with Gasteiger partial charge in [0.1, 0.15) is 0 Å². The summed E-state index contributed by atoms with van der Waals surface area (Å²) in [6.07, 6.45) is 0.781. The predicted molar refractivity (Wildman–Crippen MR) is 117 cm³/mol. The molecule has 0 spiro atoms. The maximum Gasteiger partial charge on any atom is 0.240 e. The molecule has 158 valence electrons. The van der Waals surface area contributed by atoms with Gasteiger partial charge in [0.25, 0.3) is 0 Å². The number of rotatable bonds is 10. The first kappa shape index (κ1) is 23.2. The van der Waals surface area contributed by atoms with E-state index >= 15 is 0 Å². The Bertz CT molecular complexity index is 902. The van der Waals surface area contributed by atoms with E-state index in [1.807, 2.05) is 24.3 Å². The Morgan fingerprint density at radius 1 is 1.07 bits per heavy atom. The third kappa shape index (κ3) is 7.66. The van der Waals surface area contributed by atoms with Gasteiger partial charge in [-0.3, -0.25) is 4.99 Å². The molecule has 0 radical (unpaired) electrons. The second-order valence-electron chi connectivity index (χ2n) is 6.23. The molecule has 0 aliphatic heterocycles. The smallest absolute Gasteiger partial charge is 0.240 e. The Hall–Kier alpha value is -2.13. The Kier molecular flexibility index (Phi) is 9.40. The topological polar surface area (TPSA) is 91.8 Å². The largest absolute Gasteiger partial charge is 0.383 e. The second kappa shape index (κ2) is 11.8. The molecule has 2 aromatic carbocycles. The summed E-state index contributed by atoms with van der Waals surface area (Å²) in [5, 5.41) is 7.21. The Morgan fingerprint density at radius 2 is 1.79 bits per heavy atom. The number of methoxy groups -OCH3 is 1. The summed E-state index contributed by atoms with van der Waals surface area (Å²) in [4.78, 5) is 4.42. The second-order valence-corrected chi connectivity index (χ2v) is 8.40. The number of aliphatic imine (C=N–C) groups is 1. The van der Waals surface area contributed by atoms with Gasteiger partial charge in [-0.1, -0.05) is 41.9 Å². The zero-order chi connectivity index (χ0) is 21.1. The molecule has 0 saturated carbocycles. The maximum atomic E-state index is 12.2. The summed E-state index contributed by atoms with van der Waals surface area (Å²) in [5.74, 6) is 0.662. The van der Waals surface area contributed by atoms with Gasteiger partial charge in [-0.15, -0.1) is 0 Å². The highest BCUT2D eigenvalue weighted by Crippen LogP contribution is 2.14. The van der Waals surface area contributed by atoms with Crippen LogP contribution >= 0.6 is 11.6 Å². The molecule has 9 heteroatoms. The van der Waals surface area contributed by atoms with Crippen LogP contribution in [0.3, 0.4) is 0 Å². The normalized spacial score (nSPS) is 12.0. The molecule has 29 heavy (non-hydrogen) atoms. The van der Waals surface area contributed by atoms with Gasteiger partial charge in [0.15, 0.2) is 5.96 Å². The third-order valence-corrected chi connectivity index (χ3v) is 6.01. The molecule has 0 bridgehead atoms. The van der Waals surface area contributed by atoms with E-state index in [-0.39, 0.29) is 11.4 Å². The first-order chi connectivity index (χ1) is 14.0. The van der Waals surface area contributed by atoms with E-state index in [9.17, 15) is 8.42 Å². The summed E-state index contributed by atoms with van der Waals surface area (Å²) in [5.41, 5.74) is 2.02. The lowest BCUT2D eigenvalue weighted by molar-refractivity contribution is 0.204. The number of benzene rings is 2. The molecule has 0 heterocycles. The minimum atomic E-state index is -3.52. The number of hydrogen-bond acceptors (Lipinski definition) is 4. The number of nitrogens with one attached hydrogen (secondary N) is 3. The van der Waals surface area contributed by atoms with E-state index in [1.165, 1.54) is 7.11 Å². The number of ether oxygens (including phenoxy) is 1. The fourth-order valence-electron chi connectivity index (χ4n) is 2.57. The van der Waals surface area contributed by atoms with Gasteiger partial charge < -0.3 is 15.4 Å². The lowest BCUT2D eigenvalue weighted by Gasteiger charge is -2.13. The molecule has 2 rings (SSSR count). The highest BCUT2D eigenvalue weighted by Gasteiger charge is 2.12. The van der Waals surface area contributed by atoms with Crippen molar-refractivity contribution in [2.75, 3.05) is 33.9 Å². The van der Waals surface area contributed by atoms with Crippen molar-refractivity contribution in [3.8, 4) is 0 Å². The van der Waals surface area contributed by atoms with E-state index in [0.29, 0.717) is 25.7 Å². The van der Waals surface area contributed by atoms with Crippen molar-refractivity contribution < 1.29 is 13.2 Å². The van der Waals surface area contributed by atoms with E-state index < -0.39 is 10.0 Å². The van der Waals surface area contributed by atoms with Gasteiger partial charge in [0.2, 0.25) is 10.0 Å². The van der Waals surface area contributed by atoms with Crippen molar-refractivity contribution in [2.24, 2.45) is 4.99 Å². The summed E-state index contributed by atoms with van der Waals surface area (Å²) < 4.78 is 31.7. The van der Waals surface area contributed by atoms with Crippen LogP contribution in [0.2, 0.25) is 5.02 Å². The molecule has 0 atom stereocenters. The molecule has 2 aromatic rings. The lowest BCUT2D eigenvalue weighted by Crippen LogP contribution is -2.37. The van der Waals surface area contributed by atoms with Crippen molar-refractivity contribution in [1.82, 2.24) is 15.4 Å². The number of nitrogens with zero attached hydrogens (tertiary/aromatic N) is 1. The molecular weight excluding hydrogens is 412 g/mol. The van der Waals surface area contributed by atoms with Gasteiger partial charge in [-0.2, -0.15) is 0 Å². The van der Waals surface area contributed by atoms with Gasteiger partial charge in [-0.25, -0.2) is 13.1 Å². The van der Waals surface area contributed by atoms with Gasteiger partial charge in [-0.05, 0) is 35.7 Å². The number of guanidine groups is 1. The van der Waals surface area contributed by atoms with Crippen LogP contribution < -0.4 is 15.4 Å². The predicted octanol–water partition coefficient (Wildman–Crippen LogP) is 2.17. The average Bonchev–Trinajstić information content (AvgIpc) is 2.72. The fourth-order valence-corrected chi connectivity index (χ4v) is 3.81. The third-order valence-electron chi connectivity index (χ3n) is 4.16. The molecule has 0 aliphatic rings. The van der Waals surface area contributed by atoms with Crippen LogP contribution in [0, 0.1) is 0 Å². The Balaban J connectivity index is 1.82. The van der Waals surface area contributed by atoms with Crippen LogP contribution in [-0.4, -0.2) is 48.2 Å². The lowest BCUT2D eigenvalue weighted by atomic mass is 10.1. The summed E-state index contributed by atoms with van der Waals surface area (Å²) in [6.45, 7) is 1.76. The SMILES string of the molecule is CN=C(NCCc1ccccc1Cl)NCc1ccc(S(=O)(=O)NCCOC)cc1. The van der Waals surface area contributed by atoms with Crippen molar-refractivity contribution in [3.05, 3.63) is 64.7 Å². The quantitative estimate of drug-likeness (QED) is 0.300. The van der Waals surface area contributed by atoms with Crippen molar-refractivity contribution in [2.45, 2.75) is 17.9 Å². The monoisotopic (exact) mass is 438 g/mol. The first-order valence-corrected chi connectivity index (χ1v) is 11.1. The average molecular weight is 439 g/mol. The highest BCUT2D eigenvalue weighted by atomic mass is 35.5. The molecular formula is C20H27ClN4O3S. The van der Waals surface area contributed by atoms with E-state index in [0.717, 1.165) is 22.6 Å². The minimum absolute atomic E-state index is 0.222. The van der Waals surface area contributed by atoms with Crippen LogP contribution in [0.25, 0.3) is 0 Å². The minimum Gasteiger partial charge on any atom is -0.383 e. The van der Waals surface area contributed by atoms with Crippen LogP contribution in [0.15, 0.2) is 58.4 Å². The molecule has 0 saturated heterocycles. The molecule has 3 N–H and O–H groups in total. The van der Waals surface area contributed by atoms with E-state index in [1.54, 1.807) is 31.3 Å². The van der Waals surface area contributed by atoms with Crippen LogP contribution in [0.1, 0.15) is 11.1 Å². The Labute approximate surface area is 177 Å². The van der Waals surface area contributed by atoms with Gasteiger partial charge in [0, 0.05) is 38.8 Å². The van der Waals surface area contributed by atoms with E-state index in [2.05, 4.69) is 20.3 Å². The van der Waals surface area contributed by atoms with Crippen molar-refractivity contribution >= 4 is 27.6 Å². The van der Waals surface area contributed by atoms with Crippen LogP contribution in [-0.2, 0) is 27.7 Å². The maximum absolute atomic E-state index is 12.2. The van der Waals surface area contributed by atoms with Gasteiger partial charge >= 0.3 is 0 Å². The van der Waals surface area contributed by atoms with Gasteiger partial charge in [0.05, 0.1) is 11.5 Å². The molecule has 0 amide bonds. The zero-order valence-electron chi connectivity index (χ0n) is 16.6. The standard InChI is InChI=1S/C20H27ClN4O3S/c1-22-20(23-12-11-17-5-3-4-6-19(17)21)24-15-16-7-9-18(10-8-16)29(26,27)25-13-14-28-2/h3-10,25H,11-15H2,1-2H3,(H2,22,23,24). The van der Waals surface area contributed by atoms with E-state index in [4.69, 9.17) is 16.3 Å². The van der Waals surface area contributed by atoms with Crippen molar-refractivity contribution in [3.63, 3.8) is 0 Å². The zero-order valence-corrected chi connectivity index (χ0v) is 18.2. The number of sulfonamides is 1. The first-order valence-electron chi connectivity index (χ1n) is 9.21. The fraction of sp³-hybridized carbons (Fsp3) is 0.350. The summed E-state index contributed by atoms with van der Waals surface area (Å²) in [7, 11) is -0.300. The number of halogens is 1. The molecule has 0 aromatic heterocycles. The van der Waals surface area contributed by atoms with Crippen molar-refractivity contribution in [1.29, 1.82) is 0 Å². The summed E-state index contributed by atoms with van der Waals surface area (Å²) in [6, 6.07) is 14.5. The summed E-state index contributed by atoms with van der Waals surface area (Å²) >= 11 is 6.17. The molecule has 0 fully saturated rings. The van der Waals surface area contributed by atoms with Crippen LogP contribution in [0.4, 0.5) is 0 Å². The molecule has 7 nitrogen and oxygen atoms in total. The molecule has 0 unspecified atom stereocenters. The number of hydrogen-bond donors (Lipinski definition) is 3. The van der Waals surface area contributed by atoms with Crippen LogP contribution in [0.5, 0.6) is 0 Å². The Morgan fingerprint density at radius 3 is 2.45 bits per heavy atom. The molecule has 0 aliphatic carbocycles.